The Bertz CT molecular complexity index is 156. The third kappa shape index (κ3) is 3.84. The van der Waals surface area contributed by atoms with E-state index in [1.165, 1.54) is 18.4 Å². The molecular weight excluding hydrogens is 127 g/mol. The van der Waals surface area contributed by atoms with Gasteiger partial charge in [-0.2, -0.15) is 6.08 Å². The van der Waals surface area contributed by atoms with E-state index in [0.29, 0.717) is 0 Å². The number of hydrogen-bond acceptors (Lipinski definition) is 0. The van der Waals surface area contributed by atoms with Crippen molar-refractivity contribution in [2.45, 2.75) is 33.1 Å². The van der Waals surface area contributed by atoms with E-state index < -0.39 is 0 Å². The Hall–Kier alpha value is 0.0774. The first-order valence-electron chi connectivity index (χ1n) is 4.12. The van der Waals surface area contributed by atoms with Gasteiger partial charge in [0.15, 0.2) is 0 Å². The summed E-state index contributed by atoms with van der Waals surface area (Å²) >= 11 is 0. The van der Waals surface area contributed by atoms with Crippen LogP contribution in [0.2, 0.25) is 0 Å². The first kappa shape index (κ1) is 11.1. The molecule has 0 amide bonds. The van der Waals surface area contributed by atoms with Gasteiger partial charge in [-0.3, -0.25) is 6.08 Å². The molecule has 1 unspecified atom stereocenters. The van der Waals surface area contributed by atoms with E-state index in [1.807, 2.05) is 0 Å². The van der Waals surface area contributed by atoms with Gasteiger partial charge in [0, 0.05) is 0 Å². The maximum atomic E-state index is 3.31. The summed E-state index contributed by atoms with van der Waals surface area (Å²) in [5.41, 5.74) is 1.40. The van der Waals surface area contributed by atoms with Crippen molar-refractivity contribution in [3.05, 3.63) is 23.8 Å². The monoisotopic (exact) mass is 142 g/mol. The van der Waals surface area contributed by atoms with Crippen molar-refractivity contribution in [1.29, 1.82) is 0 Å². The van der Waals surface area contributed by atoms with Crippen molar-refractivity contribution in [3.63, 3.8) is 0 Å². The van der Waals surface area contributed by atoms with Gasteiger partial charge in [0.05, 0.1) is 0 Å². The van der Waals surface area contributed by atoms with E-state index in [-0.39, 0.29) is 18.9 Å². The molecule has 1 atom stereocenters. The van der Waals surface area contributed by atoms with Crippen molar-refractivity contribution in [2.75, 3.05) is 0 Å². The summed E-state index contributed by atoms with van der Waals surface area (Å²) in [6.07, 6.45) is 11.4. The van der Waals surface area contributed by atoms with Crippen LogP contribution in [0.25, 0.3) is 0 Å². The fourth-order valence-corrected chi connectivity index (χ4v) is 1.20. The molecule has 1 heteroatoms. The summed E-state index contributed by atoms with van der Waals surface area (Å²) < 4.78 is 0. The van der Waals surface area contributed by atoms with Crippen LogP contribution in [0.1, 0.15) is 33.1 Å². The van der Waals surface area contributed by atoms with Gasteiger partial charge in [0.2, 0.25) is 0 Å². The van der Waals surface area contributed by atoms with Crippen LogP contribution in [0.3, 0.4) is 0 Å². The van der Waals surface area contributed by atoms with Crippen LogP contribution in [0.5, 0.6) is 0 Å². The smallest absolute Gasteiger partial charge is 0.252 e. The largest absolute Gasteiger partial charge is 1.00 e. The summed E-state index contributed by atoms with van der Waals surface area (Å²) in [4.78, 5) is 0. The first-order valence-corrected chi connectivity index (χ1v) is 4.12. The van der Waals surface area contributed by atoms with Crippen molar-refractivity contribution in [1.82, 2.24) is 0 Å². The molecule has 0 aliphatic heterocycles. The van der Waals surface area contributed by atoms with Gasteiger partial charge in [-0.25, -0.2) is 11.6 Å². The Labute approximate surface area is 81.9 Å². The zero-order valence-electron chi connectivity index (χ0n) is 7.85. The topological polar surface area (TPSA) is 0 Å². The Kier molecular flexibility index (Phi) is 5.73. The van der Waals surface area contributed by atoms with Crippen molar-refractivity contribution >= 4 is 0 Å². The molecule has 0 spiro atoms. The molecule has 0 radical (unpaired) electrons. The van der Waals surface area contributed by atoms with Gasteiger partial charge in [-0.15, -0.1) is 6.42 Å². The molecule has 0 N–H and O–H groups in total. The number of hydrogen-bond donors (Lipinski definition) is 0. The second kappa shape index (κ2) is 5.69. The standard InChI is InChI=1S/C10H15.Li/c1-3-4-10-7-5-9(2)6-8-10;/h4-5,9H,3,6,8H2,1-2H3;/q-1;+1/b10-4-;. The Balaban J connectivity index is 0.000001000. The maximum absolute atomic E-state index is 3.31. The van der Waals surface area contributed by atoms with Crippen LogP contribution >= 0.6 is 0 Å². The molecule has 0 saturated carbocycles. The van der Waals surface area contributed by atoms with Crippen LogP contribution in [0, 0.1) is 12.0 Å². The van der Waals surface area contributed by atoms with E-state index in [4.69, 9.17) is 0 Å². The second-order valence-corrected chi connectivity index (χ2v) is 2.96. The molecule has 0 aromatic rings. The van der Waals surface area contributed by atoms with Crippen LogP contribution in [-0.4, -0.2) is 0 Å². The average Bonchev–Trinajstić information content (AvgIpc) is 1.95. The van der Waals surface area contributed by atoms with Crippen molar-refractivity contribution in [3.8, 4) is 0 Å². The quantitative estimate of drug-likeness (QED) is 0.360. The molecule has 1 aliphatic carbocycles. The molecule has 1 aliphatic rings. The first-order chi connectivity index (χ1) is 4.83. The van der Waals surface area contributed by atoms with Gasteiger partial charge in [-0.05, 0) is 12.3 Å². The van der Waals surface area contributed by atoms with E-state index >= 15 is 0 Å². The van der Waals surface area contributed by atoms with Crippen molar-refractivity contribution in [2.24, 2.45) is 5.92 Å². The molecule has 0 fully saturated rings. The van der Waals surface area contributed by atoms with E-state index in [9.17, 15) is 0 Å². The molecule has 11 heavy (non-hydrogen) atoms. The molecule has 0 nitrogen and oxygen atoms in total. The number of rotatable bonds is 1. The van der Waals surface area contributed by atoms with Gasteiger partial charge in [0.25, 0.3) is 0 Å². The van der Waals surface area contributed by atoms with Crippen molar-refractivity contribution < 1.29 is 18.9 Å². The predicted molar refractivity (Wildman–Crippen MR) is 44.6 cm³/mol. The molecular formula is C10H15Li. The zero-order chi connectivity index (χ0) is 7.40. The molecule has 0 heterocycles. The Morgan fingerprint density at radius 2 is 2.45 bits per heavy atom. The molecule has 0 aromatic carbocycles. The molecule has 0 bridgehead atoms. The summed E-state index contributed by atoms with van der Waals surface area (Å²) in [6.45, 7) is 4.42. The van der Waals surface area contributed by atoms with Gasteiger partial charge < -0.3 is 0 Å². The summed E-state index contributed by atoms with van der Waals surface area (Å²) in [5.74, 6) is 0.744. The Morgan fingerprint density at radius 3 is 2.91 bits per heavy atom. The van der Waals surface area contributed by atoms with Gasteiger partial charge in [0.1, 0.15) is 0 Å². The van der Waals surface area contributed by atoms with Crippen LogP contribution in [0.4, 0.5) is 0 Å². The van der Waals surface area contributed by atoms with Gasteiger partial charge in [-0.1, -0.05) is 20.3 Å². The second-order valence-electron chi connectivity index (χ2n) is 2.96. The number of allylic oxidation sites excluding steroid dienone is 4. The van der Waals surface area contributed by atoms with Crippen LogP contribution < -0.4 is 18.9 Å². The van der Waals surface area contributed by atoms with E-state index in [1.54, 1.807) is 0 Å². The normalized spacial score (nSPS) is 26.7. The van der Waals surface area contributed by atoms with Gasteiger partial charge >= 0.3 is 18.9 Å². The molecule has 56 valence electrons. The van der Waals surface area contributed by atoms with E-state index in [2.05, 4.69) is 32.1 Å². The molecule has 0 aromatic heterocycles. The minimum absolute atomic E-state index is 0. The Morgan fingerprint density at radius 1 is 1.73 bits per heavy atom. The molecule has 1 rings (SSSR count). The fraction of sp³-hybridized carbons (Fsp3) is 0.600. The molecule has 0 saturated heterocycles. The van der Waals surface area contributed by atoms with Crippen LogP contribution in [-0.2, 0) is 0 Å². The average molecular weight is 142 g/mol. The SMILES string of the molecule is CC/C=C1/[C-]=CC(C)CC1.[Li+]. The third-order valence-corrected chi connectivity index (χ3v) is 1.87. The third-order valence-electron chi connectivity index (χ3n) is 1.87. The van der Waals surface area contributed by atoms with Crippen LogP contribution in [0.15, 0.2) is 17.7 Å². The fourth-order valence-electron chi connectivity index (χ4n) is 1.20. The maximum Gasteiger partial charge on any atom is 1.00 e. The van der Waals surface area contributed by atoms with E-state index in [0.717, 1.165) is 12.3 Å². The minimum atomic E-state index is 0. The summed E-state index contributed by atoms with van der Waals surface area (Å²) in [6, 6.07) is 0. The predicted octanol–water partition coefficient (Wildman–Crippen LogP) is 0.116. The minimum Gasteiger partial charge on any atom is -0.252 e. The summed E-state index contributed by atoms with van der Waals surface area (Å²) in [5, 5.41) is 0. The summed E-state index contributed by atoms with van der Waals surface area (Å²) in [7, 11) is 0. The zero-order valence-corrected chi connectivity index (χ0v) is 7.85.